The zero-order chi connectivity index (χ0) is 11.3. The summed E-state index contributed by atoms with van der Waals surface area (Å²) in [6.07, 6.45) is 0.762. The van der Waals surface area contributed by atoms with E-state index in [1.54, 1.807) is 6.07 Å². The molecule has 0 amide bonds. The Morgan fingerprint density at radius 2 is 2.13 bits per heavy atom. The third-order valence-corrected chi connectivity index (χ3v) is 2.68. The number of thiocarbonyl (C=S) groups is 1. The Labute approximate surface area is 104 Å². The van der Waals surface area contributed by atoms with Crippen molar-refractivity contribution in [1.82, 2.24) is 10.7 Å². The normalized spacial score (nSPS) is 9.80. The van der Waals surface area contributed by atoms with Gasteiger partial charge in [0.15, 0.2) is 5.11 Å². The molecule has 0 heterocycles. The molecule has 3 nitrogen and oxygen atoms in total. The molecule has 1 rings (SSSR count). The van der Waals surface area contributed by atoms with Crippen LogP contribution >= 0.6 is 35.4 Å². The van der Waals surface area contributed by atoms with E-state index in [9.17, 15) is 0 Å². The molecule has 0 aliphatic heterocycles. The predicted octanol–water partition coefficient (Wildman–Crippen LogP) is 1.87. The Hall–Kier alpha value is -0.550. The second-order valence-electron chi connectivity index (χ2n) is 2.89. The van der Waals surface area contributed by atoms with Crippen LogP contribution in [0.1, 0.15) is 5.56 Å². The summed E-state index contributed by atoms with van der Waals surface area (Å²) in [4.78, 5) is 0. The Bertz CT molecular complexity index is 357. The summed E-state index contributed by atoms with van der Waals surface area (Å²) in [5.41, 5.74) is 3.36. The summed E-state index contributed by atoms with van der Waals surface area (Å²) >= 11 is 16.6. The van der Waals surface area contributed by atoms with Gasteiger partial charge in [0, 0.05) is 16.6 Å². The van der Waals surface area contributed by atoms with Gasteiger partial charge in [-0.25, -0.2) is 5.84 Å². The third kappa shape index (κ3) is 4.22. The zero-order valence-electron chi connectivity index (χ0n) is 7.89. The largest absolute Gasteiger partial charge is 0.361 e. The van der Waals surface area contributed by atoms with Crippen molar-refractivity contribution in [3.63, 3.8) is 0 Å². The lowest BCUT2D eigenvalue weighted by atomic mass is 10.1. The van der Waals surface area contributed by atoms with Gasteiger partial charge in [-0.1, -0.05) is 29.3 Å². The molecule has 0 radical (unpaired) electrons. The molecule has 0 bridgehead atoms. The number of rotatable bonds is 3. The van der Waals surface area contributed by atoms with Crippen molar-refractivity contribution in [3.8, 4) is 0 Å². The van der Waals surface area contributed by atoms with Crippen LogP contribution < -0.4 is 16.6 Å². The summed E-state index contributed by atoms with van der Waals surface area (Å²) in [5.74, 6) is 5.10. The van der Waals surface area contributed by atoms with Crippen molar-refractivity contribution in [2.75, 3.05) is 6.54 Å². The van der Waals surface area contributed by atoms with Crippen LogP contribution in [-0.4, -0.2) is 11.7 Å². The van der Waals surface area contributed by atoms with Crippen LogP contribution in [0.5, 0.6) is 0 Å². The van der Waals surface area contributed by atoms with Crippen LogP contribution in [0.2, 0.25) is 10.0 Å². The highest BCUT2D eigenvalue weighted by atomic mass is 35.5. The van der Waals surface area contributed by atoms with Crippen molar-refractivity contribution >= 4 is 40.5 Å². The Morgan fingerprint density at radius 1 is 1.40 bits per heavy atom. The summed E-state index contributed by atoms with van der Waals surface area (Å²) in [6, 6.07) is 5.42. The van der Waals surface area contributed by atoms with Gasteiger partial charge in [-0.3, -0.25) is 0 Å². The number of hydrazine groups is 1. The fraction of sp³-hybridized carbons (Fsp3) is 0.222. The van der Waals surface area contributed by atoms with Gasteiger partial charge in [0.05, 0.1) is 0 Å². The van der Waals surface area contributed by atoms with E-state index in [1.807, 2.05) is 12.1 Å². The number of nitrogens with two attached hydrogens (primary N) is 1. The quantitative estimate of drug-likeness (QED) is 0.443. The first kappa shape index (κ1) is 12.5. The maximum Gasteiger partial charge on any atom is 0.180 e. The van der Waals surface area contributed by atoms with Gasteiger partial charge in [-0.15, -0.1) is 0 Å². The molecule has 0 aliphatic rings. The van der Waals surface area contributed by atoms with Crippen LogP contribution in [0.15, 0.2) is 18.2 Å². The topological polar surface area (TPSA) is 50.1 Å². The molecule has 4 N–H and O–H groups in total. The molecular formula is C9H11Cl2N3S. The maximum absolute atomic E-state index is 5.99. The Morgan fingerprint density at radius 3 is 2.73 bits per heavy atom. The van der Waals surface area contributed by atoms with E-state index >= 15 is 0 Å². The van der Waals surface area contributed by atoms with E-state index < -0.39 is 0 Å². The van der Waals surface area contributed by atoms with Crippen LogP contribution in [0.4, 0.5) is 0 Å². The first-order valence-electron chi connectivity index (χ1n) is 4.32. The zero-order valence-corrected chi connectivity index (χ0v) is 10.2. The molecule has 82 valence electrons. The molecule has 0 atom stereocenters. The van der Waals surface area contributed by atoms with Gasteiger partial charge in [-0.05, 0) is 36.3 Å². The second-order valence-corrected chi connectivity index (χ2v) is 4.14. The summed E-state index contributed by atoms with van der Waals surface area (Å²) < 4.78 is 0. The van der Waals surface area contributed by atoms with Gasteiger partial charge < -0.3 is 10.7 Å². The maximum atomic E-state index is 5.99. The minimum atomic E-state index is 0.417. The van der Waals surface area contributed by atoms with Crippen LogP contribution in [0.3, 0.4) is 0 Å². The lowest BCUT2D eigenvalue weighted by molar-refractivity contribution is 0.836. The van der Waals surface area contributed by atoms with Crippen molar-refractivity contribution < 1.29 is 0 Å². The van der Waals surface area contributed by atoms with Gasteiger partial charge in [-0.2, -0.15) is 0 Å². The highest BCUT2D eigenvalue weighted by molar-refractivity contribution is 7.80. The summed E-state index contributed by atoms with van der Waals surface area (Å²) in [5, 5.41) is 4.64. The first-order chi connectivity index (χ1) is 7.13. The third-order valence-electron chi connectivity index (χ3n) is 1.83. The number of hydrogen-bond donors (Lipinski definition) is 3. The van der Waals surface area contributed by atoms with Crippen molar-refractivity contribution in [2.24, 2.45) is 5.84 Å². The smallest absolute Gasteiger partial charge is 0.180 e. The Balaban J connectivity index is 2.47. The number of benzene rings is 1. The minimum absolute atomic E-state index is 0.417. The fourth-order valence-electron chi connectivity index (χ4n) is 1.09. The van der Waals surface area contributed by atoms with E-state index in [4.69, 9.17) is 41.3 Å². The highest BCUT2D eigenvalue weighted by Gasteiger charge is 2.01. The summed E-state index contributed by atoms with van der Waals surface area (Å²) in [7, 11) is 0. The molecule has 1 aromatic carbocycles. The number of nitrogens with one attached hydrogen (secondary N) is 2. The van der Waals surface area contributed by atoms with Crippen molar-refractivity contribution in [1.29, 1.82) is 0 Å². The van der Waals surface area contributed by atoms with Crippen molar-refractivity contribution in [2.45, 2.75) is 6.42 Å². The van der Waals surface area contributed by atoms with Gasteiger partial charge in [0.25, 0.3) is 0 Å². The molecule has 6 heteroatoms. The molecule has 0 aliphatic carbocycles. The summed E-state index contributed by atoms with van der Waals surface area (Å²) in [6.45, 7) is 0.671. The van der Waals surface area contributed by atoms with Crippen LogP contribution in [0, 0.1) is 0 Å². The van der Waals surface area contributed by atoms with Crippen LogP contribution in [0.25, 0.3) is 0 Å². The average molecular weight is 264 g/mol. The van der Waals surface area contributed by atoms with E-state index in [0.717, 1.165) is 12.0 Å². The SMILES string of the molecule is NNC(=S)NCCc1ccc(Cl)cc1Cl. The number of halogens is 2. The molecular weight excluding hydrogens is 253 g/mol. The molecule has 0 fully saturated rings. The van der Waals surface area contributed by atoms with Gasteiger partial charge in [0.1, 0.15) is 0 Å². The standard InChI is InChI=1S/C9H11Cl2N3S/c10-7-2-1-6(8(11)5-7)3-4-13-9(15)14-12/h1-2,5H,3-4,12H2,(H2,13,14,15). The molecule has 1 aromatic rings. The fourth-order valence-corrected chi connectivity index (χ4v) is 1.69. The predicted molar refractivity (Wildman–Crippen MR) is 68.1 cm³/mol. The molecule has 0 saturated heterocycles. The average Bonchev–Trinajstić information content (AvgIpc) is 2.21. The molecule has 0 aromatic heterocycles. The lowest BCUT2D eigenvalue weighted by Crippen LogP contribution is -2.40. The molecule has 15 heavy (non-hydrogen) atoms. The van der Waals surface area contributed by atoms with E-state index in [0.29, 0.717) is 21.7 Å². The molecule has 0 saturated carbocycles. The van der Waals surface area contributed by atoms with E-state index in [2.05, 4.69) is 10.7 Å². The Kier molecular flexibility index (Phi) is 5.11. The molecule has 0 unspecified atom stereocenters. The first-order valence-corrected chi connectivity index (χ1v) is 5.48. The lowest BCUT2D eigenvalue weighted by Gasteiger charge is -2.07. The van der Waals surface area contributed by atoms with Crippen molar-refractivity contribution in [3.05, 3.63) is 33.8 Å². The number of hydrogen-bond acceptors (Lipinski definition) is 2. The van der Waals surface area contributed by atoms with E-state index in [1.165, 1.54) is 0 Å². The minimum Gasteiger partial charge on any atom is -0.361 e. The second kappa shape index (κ2) is 6.12. The molecule has 0 spiro atoms. The van der Waals surface area contributed by atoms with Gasteiger partial charge >= 0.3 is 0 Å². The highest BCUT2D eigenvalue weighted by Crippen LogP contribution is 2.20. The van der Waals surface area contributed by atoms with Gasteiger partial charge in [0.2, 0.25) is 0 Å². The van der Waals surface area contributed by atoms with Crippen LogP contribution in [-0.2, 0) is 6.42 Å². The monoisotopic (exact) mass is 263 g/mol. The van der Waals surface area contributed by atoms with E-state index in [-0.39, 0.29) is 0 Å².